The second kappa shape index (κ2) is 36.0. The molecular formula is C136H86N6. The zero-order valence-corrected chi connectivity index (χ0v) is 77.3. The minimum atomic E-state index is 0.971. The Morgan fingerprint density at radius 2 is 0.387 bits per heavy atom. The highest BCUT2D eigenvalue weighted by Crippen LogP contribution is 2.48. The van der Waals surface area contributed by atoms with Gasteiger partial charge >= 0.3 is 0 Å². The van der Waals surface area contributed by atoms with Crippen molar-refractivity contribution in [3.63, 3.8) is 0 Å². The third-order valence-electron chi connectivity index (χ3n) is 28.3. The first-order valence-corrected chi connectivity index (χ1v) is 48.3. The fourth-order valence-corrected chi connectivity index (χ4v) is 21.1. The van der Waals surface area contributed by atoms with Gasteiger partial charge in [0.2, 0.25) is 0 Å². The maximum atomic E-state index is 5.44. The Kier molecular flexibility index (Phi) is 21.2. The maximum Gasteiger partial charge on any atom is 0.0794 e. The van der Waals surface area contributed by atoms with E-state index >= 15 is 0 Å². The highest BCUT2D eigenvalue weighted by atomic mass is 14.7. The second-order valence-corrected chi connectivity index (χ2v) is 36.7. The minimum absolute atomic E-state index is 0.971. The van der Waals surface area contributed by atoms with Crippen molar-refractivity contribution in [1.29, 1.82) is 0 Å². The zero-order valence-electron chi connectivity index (χ0n) is 77.3. The summed E-state index contributed by atoms with van der Waals surface area (Å²) in [7, 11) is 0. The quantitative estimate of drug-likeness (QED) is 0.113. The van der Waals surface area contributed by atoms with Gasteiger partial charge in [-0.05, 0) is 284 Å². The van der Waals surface area contributed by atoms with Crippen molar-refractivity contribution in [1.82, 2.24) is 29.9 Å². The van der Waals surface area contributed by atoms with Crippen LogP contribution in [0.4, 0.5) is 0 Å². The Morgan fingerprint density at radius 1 is 0.127 bits per heavy atom. The van der Waals surface area contributed by atoms with Crippen LogP contribution in [0.5, 0.6) is 0 Å². The van der Waals surface area contributed by atoms with E-state index in [4.69, 9.17) is 15.0 Å². The first-order chi connectivity index (χ1) is 70.3. The highest BCUT2D eigenvalue weighted by Gasteiger charge is 2.23. The van der Waals surface area contributed by atoms with E-state index in [1.807, 2.05) is 43.1 Å². The molecule has 28 rings (SSSR count). The molecule has 0 bridgehead atoms. The van der Waals surface area contributed by atoms with E-state index in [-0.39, 0.29) is 0 Å². The number of hydrogen-bond donors (Lipinski definition) is 0. The third-order valence-corrected chi connectivity index (χ3v) is 28.3. The van der Waals surface area contributed by atoms with Crippen LogP contribution in [0, 0.1) is 0 Å². The number of nitrogens with zero attached hydrogens (tertiary/aromatic N) is 6. The topological polar surface area (TPSA) is 77.3 Å². The molecule has 28 aromatic rings. The summed E-state index contributed by atoms with van der Waals surface area (Å²) in [6.07, 6.45) is 9.30. The first kappa shape index (κ1) is 83.7. The molecule has 0 N–H and O–H groups in total. The van der Waals surface area contributed by atoms with Crippen LogP contribution in [-0.4, -0.2) is 29.9 Å². The largest absolute Gasteiger partial charge is 0.265 e. The molecule has 0 fully saturated rings. The molecule has 0 aliphatic carbocycles. The van der Waals surface area contributed by atoms with Gasteiger partial charge in [-0.15, -0.1) is 0 Å². The lowest BCUT2D eigenvalue weighted by Gasteiger charge is -2.16. The highest BCUT2D eigenvalue weighted by molar-refractivity contribution is 6.20. The molecule has 0 saturated carbocycles. The standard InChI is InChI=1S/C48H30N2.2C44H28N2/c1-3-11-35-27-37(23-17-31(35)9-1)44-30-47(38-24-18-32-10-2-4-12-36(32)28-38)50-48-42-15-6-5-13-40(42)43(29-45(44)48)34-21-19-33(20-22-34)39-25-26-49-46-16-8-7-14-41(39)46;1-3-10-33-24-35(21-17-29(33)8-1)41-27-43(36-22-18-30-9-2-4-11-34(30)25-36)46-44-39-14-6-5-13-38(39)40(26-42(41)44)32-19-15-31(16-20-32)37-12-7-23-45-28-37;1-3-9-34-25-36(19-15-29(34)7-1)41-28-43(37-20-16-30-8-2-4-10-35(30)26-37)46-44-39-12-6-5-11-38(39)40(27-42(41)44)33-17-13-31(14-18-33)32-21-23-45-24-22-32/h1-30H;2*1-28H. The number of rotatable bonds is 12. The molecule has 6 nitrogen and oxygen atoms in total. The lowest BCUT2D eigenvalue weighted by atomic mass is 9.90. The van der Waals surface area contributed by atoms with Crippen molar-refractivity contribution in [2.45, 2.75) is 0 Å². The van der Waals surface area contributed by atoms with Crippen LogP contribution in [-0.2, 0) is 0 Å². The van der Waals surface area contributed by atoms with Crippen LogP contribution in [0.3, 0.4) is 0 Å². The van der Waals surface area contributed by atoms with Crippen molar-refractivity contribution in [2.75, 3.05) is 0 Å². The summed E-state index contributed by atoms with van der Waals surface area (Å²) in [5.41, 5.74) is 31.5. The average molecular weight is 1800 g/mol. The third kappa shape index (κ3) is 15.7. The first-order valence-electron chi connectivity index (χ1n) is 48.3. The summed E-state index contributed by atoms with van der Waals surface area (Å²) in [5.74, 6) is 0. The molecule has 0 aliphatic rings. The molecule has 6 heterocycles. The zero-order chi connectivity index (χ0) is 93.9. The van der Waals surface area contributed by atoms with E-state index in [1.165, 1.54) is 164 Å². The van der Waals surface area contributed by atoms with Crippen LogP contribution in [0.2, 0.25) is 0 Å². The molecule has 0 amide bonds. The maximum absolute atomic E-state index is 5.44. The Morgan fingerprint density at radius 3 is 0.725 bits per heavy atom. The smallest absolute Gasteiger partial charge is 0.0794 e. The summed E-state index contributed by atoms with van der Waals surface area (Å²) in [5, 5.41) is 26.3. The van der Waals surface area contributed by atoms with Gasteiger partial charge in [0.1, 0.15) is 0 Å². The van der Waals surface area contributed by atoms with Crippen molar-refractivity contribution >= 4 is 141 Å². The molecule has 0 unspecified atom stereocenters. The van der Waals surface area contributed by atoms with Gasteiger partial charge in [0.25, 0.3) is 0 Å². The van der Waals surface area contributed by atoms with Crippen LogP contribution >= 0.6 is 0 Å². The summed E-state index contributed by atoms with van der Waals surface area (Å²) in [4.78, 5) is 29.3. The number of hydrogen-bond acceptors (Lipinski definition) is 6. The number of benzene rings is 22. The molecule has 142 heavy (non-hydrogen) atoms. The molecule has 6 heteroatoms. The van der Waals surface area contributed by atoms with Gasteiger partial charge in [-0.1, -0.05) is 388 Å². The van der Waals surface area contributed by atoms with Crippen molar-refractivity contribution in [3.05, 3.63) is 522 Å². The predicted molar refractivity (Wildman–Crippen MR) is 599 cm³/mol. The Labute approximate surface area is 820 Å². The number of para-hydroxylation sites is 1. The molecule has 0 radical (unpaired) electrons. The van der Waals surface area contributed by atoms with Gasteiger partial charge in [0.15, 0.2) is 0 Å². The van der Waals surface area contributed by atoms with E-state index in [0.29, 0.717) is 0 Å². The van der Waals surface area contributed by atoms with E-state index in [2.05, 4.69) is 494 Å². The van der Waals surface area contributed by atoms with Gasteiger partial charge in [-0.2, -0.15) is 0 Å². The Bertz CT molecular complexity index is 9480. The molecule has 0 saturated heterocycles. The summed E-state index contributed by atoms with van der Waals surface area (Å²) in [6, 6.07) is 177. The van der Waals surface area contributed by atoms with Crippen molar-refractivity contribution in [3.8, 4) is 134 Å². The Balaban J connectivity index is 0.000000109. The molecule has 0 atom stereocenters. The second-order valence-electron chi connectivity index (χ2n) is 36.7. The van der Waals surface area contributed by atoms with E-state index in [9.17, 15) is 0 Å². The lowest BCUT2D eigenvalue weighted by Crippen LogP contribution is -1.94. The van der Waals surface area contributed by atoms with E-state index in [1.54, 1.807) is 0 Å². The molecule has 22 aromatic carbocycles. The molecular weight excluding hydrogens is 1720 g/mol. The van der Waals surface area contributed by atoms with Crippen LogP contribution in [0.15, 0.2) is 522 Å². The number of fused-ring (bicyclic) bond motifs is 16. The van der Waals surface area contributed by atoms with Gasteiger partial charge in [0, 0.05) is 85.4 Å². The summed E-state index contributed by atoms with van der Waals surface area (Å²) < 4.78 is 0. The van der Waals surface area contributed by atoms with Gasteiger partial charge in [0.05, 0.1) is 39.1 Å². The summed E-state index contributed by atoms with van der Waals surface area (Å²) in [6.45, 7) is 0. The normalized spacial score (nSPS) is 11.5. The van der Waals surface area contributed by atoms with Gasteiger partial charge in [-0.25, -0.2) is 15.0 Å². The molecule has 6 aromatic heterocycles. The fraction of sp³-hybridized carbons (Fsp3) is 0. The van der Waals surface area contributed by atoms with Crippen molar-refractivity contribution in [2.24, 2.45) is 0 Å². The predicted octanol–water partition coefficient (Wildman–Crippen LogP) is 36.4. The number of pyridine rings is 6. The number of aromatic nitrogens is 6. The summed E-state index contributed by atoms with van der Waals surface area (Å²) >= 11 is 0. The van der Waals surface area contributed by atoms with Gasteiger partial charge in [-0.3, -0.25) is 15.0 Å². The van der Waals surface area contributed by atoms with Crippen LogP contribution in [0.25, 0.3) is 274 Å². The molecule has 0 spiro atoms. The SMILES string of the molecule is c1ccc2cc(-c3cc(-c4ccc5ccccc5c4)c4cc(-c5ccc(-c6ccnc7ccccc67)cc5)c5ccccc5c4n3)ccc2c1.c1ccc2cc(-c3cc(-c4ccc5ccccc5c4)c4cc(-c5ccc(-c6ccncc6)cc5)c5ccccc5c4n3)ccc2c1.c1cncc(-c2ccc(-c3cc4c(-c5ccc6ccccc6c5)cc(-c5ccc6ccccc6c5)nc4c4ccccc34)cc2)c1. The van der Waals surface area contributed by atoms with E-state index < -0.39 is 0 Å². The average Bonchev–Trinajstić information content (AvgIpc) is 0.741. The minimum Gasteiger partial charge on any atom is -0.265 e. The molecule has 660 valence electrons. The van der Waals surface area contributed by atoms with Crippen molar-refractivity contribution < 1.29 is 0 Å². The lowest BCUT2D eigenvalue weighted by molar-refractivity contribution is 1.33. The van der Waals surface area contributed by atoms with E-state index in [0.717, 1.165) is 110 Å². The monoisotopic (exact) mass is 1800 g/mol. The van der Waals surface area contributed by atoms with Gasteiger partial charge < -0.3 is 0 Å². The Hall–Kier alpha value is -18.9. The molecule has 0 aliphatic heterocycles. The fourth-order valence-electron chi connectivity index (χ4n) is 21.1. The van der Waals surface area contributed by atoms with Crippen LogP contribution in [0.1, 0.15) is 0 Å². The van der Waals surface area contributed by atoms with Crippen LogP contribution < -0.4 is 0 Å².